The van der Waals surface area contributed by atoms with E-state index in [1.807, 2.05) is 31.2 Å². The largest absolute Gasteiger partial charge is 0.387 e. The minimum Gasteiger partial charge on any atom is -0.387 e. The third-order valence-electron chi connectivity index (χ3n) is 3.69. The molecule has 2 N–H and O–H groups in total. The van der Waals surface area contributed by atoms with Gasteiger partial charge in [-0.05, 0) is 29.9 Å². The second-order valence-electron chi connectivity index (χ2n) is 5.60. The highest BCUT2D eigenvalue weighted by molar-refractivity contribution is 5.76. The summed E-state index contributed by atoms with van der Waals surface area (Å²) in [6, 6.07) is 7.69. The minimum atomic E-state index is -0.639. The molecule has 0 aromatic heterocycles. The minimum absolute atomic E-state index is 0.00818. The first-order chi connectivity index (χ1) is 8.91. The van der Waals surface area contributed by atoms with Crippen molar-refractivity contribution < 1.29 is 9.90 Å². The van der Waals surface area contributed by atoms with E-state index in [1.54, 1.807) is 0 Å². The summed E-state index contributed by atoms with van der Waals surface area (Å²) >= 11 is 0. The predicted octanol–water partition coefficient (Wildman–Crippen LogP) is 2.83. The van der Waals surface area contributed by atoms with Crippen LogP contribution in [0.1, 0.15) is 44.4 Å². The maximum Gasteiger partial charge on any atom is 0.220 e. The fourth-order valence-corrected chi connectivity index (χ4v) is 1.88. The zero-order chi connectivity index (χ0) is 14.4. The summed E-state index contributed by atoms with van der Waals surface area (Å²) in [6.07, 6.45) is -0.127. The van der Waals surface area contributed by atoms with Gasteiger partial charge in [0.05, 0.1) is 6.10 Å². The first kappa shape index (κ1) is 15.7. The number of carbonyl (C=O) groups excluding carboxylic acids is 1. The van der Waals surface area contributed by atoms with E-state index in [-0.39, 0.29) is 12.5 Å². The van der Waals surface area contributed by atoms with Gasteiger partial charge in [-0.3, -0.25) is 4.79 Å². The number of amides is 1. The number of nitrogens with one attached hydrogen (secondary N) is 1. The van der Waals surface area contributed by atoms with E-state index >= 15 is 0 Å². The highest BCUT2D eigenvalue weighted by Crippen LogP contribution is 2.17. The lowest BCUT2D eigenvalue weighted by Gasteiger charge is -2.17. The topological polar surface area (TPSA) is 49.3 Å². The first-order valence-electron chi connectivity index (χ1n) is 6.92. The molecule has 0 aliphatic heterocycles. The molecule has 1 aromatic carbocycles. The Balaban J connectivity index is 2.44. The molecule has 0 heterocycles. The van der Waals surface area contributed by atoms with Gasteiger partial charge in [0.25, 0.3) is 0 Å². The second kappa shape index (κ2) is 7.29. The number of aliphatic hydroxyl groups excluding tert-OH is 1. The molecule has 0 radical (unpaired) electrons. The van der Waals surface area contributed by atoms with Crippen molar-refractivity contribution >= 4 is 5.91 Å². The van der Waals surface area contributed by atoms with Crippen LogP contribution in [0.2, 0.25) is 0 Å². The van der Waals surface area contributed by atoms with Gasteiger partial charge in [-0.25, -0.2) is 0 Å². The smallest absolute Gasteiger partial charge is 0.220 e. The van der Waals surface area contributed by atoms with Crippen LogP contribution in [0.3, 0.4) is 0 Å². The van der Waals surface area contributed by atoms with Crippen molar-refractivity contribution in [2.24, 2.45) is 11.8 Å². The van der Waals surface area contributed by atoms with E-state index in [0.717, 1.165) is 11.1 Å². The van der Waals surface area contributed by atoms with Crippen LogP contribution in [-0.2, 0) is 4.79 Å². The molecule has 106 valence electrons. The summed E-state index contributed by atoms with van der Waals surface area (Å²) in [7, 11) is 0. The van der Waals surface area contributed by atoms with Gasteiger partial charge in [0.15, 0.2) is 0 Å². The number of hydrogen-bond acceptors (Lipinski definition) is 2. The van der Waals surface area contributed by atoms with Crippen molar-refractivity contribution in [2.75, 3.05) is 6.54 Å². The van der Waals surface area contributed by atoms with Crippen LogP contribution in [0.25, 0.3) is 0 Å². The highest BCUT2D eigenvalue weighted by atomic mass is 16.3. The molecule has 3 heteroatoms. The zero-order valence-electron chi connectivity index (χ0n) is 12.3. The van der Waals surface area contributed by atoms with Crippen molar-refractivity contribution in [2.45, 2.75) is 40.2 Å². The van der Waals surface area contributed by atoms with Crippen molar-refractivity contribution in [3.05, 3.63) is 35.4 Å². The number of aryl methyl sites for hydroxylation is 1. The standard InChI is InChI=1S/C16H25NO2/c1-11(2)13(4)9-16(19)17-10-15(18)14-8-6-5-7-12(14)3/h5-8,11,13,15,18H,9-10H2,1-4H3,(H,17,19). The average molecular weight is 263 g/mol. The SMILES string of the molecule is Cc1ccccc1C(O)CNC(=O)CC(C)C(C)C. The monoisotopic (exact) mass is 263 g/mol. The highest BCUT2D eigenvalue weighted by Gasteiger charge is 2.15. The van der Waals surface area contributed by atoms with Crippen LogP contribution in [0.15, 0.2) is 24.3 Å². The summed E-state index contributed by atoms with van der Waals surface area (Å²) in [5.41, 5.74) is 1.92. The normalized spacial score (nSPS) is 14.2. The number of benzene rings is 1. The lowest BCUT2D eigenvalue weighted by Crippen LogP contribution is -2.30. The van der Waals surface area contributed by atoms with Crippen LogP contribution in [0, 0.1) is 18.8 Å². The van der Waals surface area contributed by atoms with Crippen molar-refractivity contribution in [1.29, 1.82) is 0 Å². The van der Waals surface area contributed by atoms with Crippen LogP contribution < -0.4 is 5.32 Å². The molecule has 2 atom stereocenters. The average Bonchev–Trinajstić information content (AvgIpc) is 2.36. The van der Waals surface area contributed by atoms with Gasteiger partial charge in [-0.1, -0.05) is 45.0 Å². The molecule has 3 nitrogen and oxygen atoms in total. The third-order valence-corrected chi connectivity index (χ3v) is 3.69. The Hall–Kier alpha value is -1.35. The Bertz CT molecular complexity index is 415. The van der Waals surface area contributed by atoms with Crippen LogP contribution in [0.5, 0.6) is 0 Å². The van der Waals surface area contributed by atoms with Gasteiger partial charge in [0.1, 0.15) is 0 Å². The summed E-state index contributed by atoms with van der Waals surface area (Å²) in [6.45, 7) is 8.53. The molecule has 1 rings (SSSR count). The van der Waals surface area contributed by atoms with E-state index in [1.165, 1.54) is 0 Å². The van der Waals surface area contributed by atoms with E-state index in [0.29, 0.717) is 18.3 Å². The molecule has 0 aliphatic rings. The van der Waals surface area contributed by atoms with Gasteiger partial charge >= 0.3 is 0 Å². The van der Waals surface area contributed by atoms with E-state index in [2.05, 4.69) is 26.1 Å². The first-order valence-corrected chi connectivity index (χ1v) is 6.92. The Morgan fingerprint density at radius 3 is 2.47 bits per heavy atom. The number of hydrogen-bond donors (Lipinski definition) is 2. The molecule has 1 aromatic rings. The molecule has 1 amide bonds. The van der Waals surface area contributed by atoms with Crippen LogP contribution in [-0.4, -0.2) is 17.6 Å². The maximum absolute atomic E-state index is 11.8. The van der Waals surface area contributed by atoms with Crippen LogP contribution in [0.4, 0.5) is 0 Å². The van der Waals surface area contributed by atoms with Crippen molar-refractivity contribution in [3.8, 4) is 0 Å². The number of carbonyl (C=O) groups is 1. The second-order valence-corrected chi connectivity index (χ2v) is 5.60. The lowest BCUT2D eigenvalue weighted by atomic mass is 9.94. The predicted molar refractivity (Wildman–Crippen MR) is 77.8 cm³/mol. The molecule has 0 saturated heterocycles. The van der Waals surface area contributed by atoms with Gasteiger partial charge in [-0.15, -0.1) is 0 Å². The van der Waals surface area contributed by atoms with E-state index < -0.39 is 6.10 Å². The Morgan fingerprint density at radius 2 is 1.89 bits per heavy atom. The van der Waals surface area contributed by atoms with Crippen molar-refractivity contribution in [3.63, 3.8) is 0 Å². The van der Waals surface area contributed by atoms with Gasteiger partial charge in [-0.2, -0.15) is 0 Å². The molecular formula is C16H25NO2. The van der Waals surface area contributed by atoms with Crippen LogP contribution >= 0.6 is 0 Å². The van der Waals surface area contributed by atoms with Gasteiger partial charge in [0.2, 0.25) is 5.91 Å². The van der Waals surface area contributed by atoms with Crippen molar-refractivity contribution in [1.82, 2.24) is 5.32 Å². The van der Waals surface area contributed by atoms with E-state index in [9.17, 15) is 9.90 Å². The molecule has 0 saturated carbocycles. The lowest BCUT2D eigenvalue weighted by molar-refractivity contribution is -0.122. The quantitative estimate of drug-likeness (QED) is 0.829. The Labute approximate surface area is 116 Å². The summed E-state index contributed by atoms with van der Waals surface area (Å²) in [4.78, 5) is 11.8. The third kappa shape index (κ3) is 5.03. The fourth-order valence-electron chi connectivity index (χ4n) is 1.88. The molecule has 0 bridgehead atoms. The van der Waals surface area contributed by atoms with Gasteiger partial charge in [0, 0.05) is 13.0 Å². The maximum atomic E-state index is 11.8. The molecule has 19 heavy (non-hydrogen) atoms. The number of rotatable bonds is 6. The zero-order valence-corrected chi connectivity index (χ0v) is 12.3. The molecular weight excluding hydrogens is 238 g/mol. The molecule has 0 fully saturated rings. The Morgan fingerprint density at radius 1 is 1.26 bits per heavy atom. The van der Waals surface area contributed by atoms with Gasteiger partial charge < -0.3 is 10.4 Å². The summed E-state index contributed by atoms with van der Waals surface area (Å²) < 4.78 is 0. The molecule has 0 spiro atoms. The Kier molecular flexibility index (Phi) is 6.03. The fraction of sp³-hybridized carbons (Fsp3) is 0.562. The number of aliphatic hydroxyl groups is 1. The summed E-state index contributed by atoms with van der Waals surface area (Å²) in [5, 5.41) is 12.9. The molecule has 0 aliphatic carbocycles. The molecule has 2 unspecified atom stereocenters. The van der Waals surface area contributed by atoms with E-state index in [4.69, 9.17) is 0 Å². The summed E-state index contributed by atoms with van der Waals surface area (Å²) in [5.74, 6) is 0.858.